The van der Waals surface area contributed by atoms with Crippen molar-refractivity contribution in [3.05, 3.63) is 23.8 Å². The van der Waals surface area contributed by atoms with Crippen molar-refractivity contribution in [1.82, 2.24) is 0 Å². The third-order valence-corrected chi connectivity index (χ3v) is 4.94. The van der Waals surface area contributed by atoms with Crippen molar-refractivity contribution in [1.29, 1.82) is 0 Å². The normalized spacial score (nSPS) is 20.9. The molecule has 0 heterocycles. The average Bonchev–Trinajstić information content (AvgIpc) is 2.52. The van der Waals surface area contributed by atoms with Crippen LogP contribution in [0.25, 0.3) is 0 Å². The molecule has 0 aromatic heterocycles. The first-order chi connectivity index (χ1) is 11.0. The Balaban J connectivity index is 2.15. The van der Waals surface area contributed by atoms with Gasteiger partial charge in [0.2, 0.25) is 0 Å². The topological polar surface area (TPSA) is 26.3 Å². The third kappa shape index (κ3) is 8.39. The molecule has 0 aromatic rings. The molecule has 0 aliphatic heterocycles. The highest BCUT2D eigenvalue weighted by molar-refractivity contribution is 5.69. The van der Waals surface area contributed by atoms with E-state index in [4.69, 9.17) is 4.74 Å². The van der Waals surface area contributed by atoms with Crippen molar-refractivity contribution >= 4 is 5.97 Å². The summed E-state index contributed by atoms with van der Waals surface area (Å²) in [6.45, 7) is 10.4. The second kappa shape index (κ2) is 11.5. The summed E-state index contributed by atoms with van der Waals surface area (Å²) >= 11 is 0. The fraction of sp³-hybridized carbons (Fsp3) is 0.762. The maximum atomic E-state index is 12.0. The summed E-state index contributed by atoms with van der Waals surface area (Å²) in [4.78, 5) is 12.0. The molecular formula is C21H36O2. The number of hydrogen-bond donors (Lipinski definition) is 0. The van der Waals surface area contributed by atoms with Crippen molar-refractivity contribution in [3.63, 3.8) is 0 Å². The number of esters is 1. The van der Waals surface area contributed by atoms with Crippen LogP contribution >= 0.6 is 0 Å². The lowest BCUT2D eigenvalue weighted by Crippen LogP contribution is -2.26. The van der Waals surface area contributed by atoms with E-state index in [1.807, 2.05) is 0 Å². The van der Waals surface area contributed by atoms with Crippen molar-refractivity contribution in [3.8, 4) is 0 Å². The van der Waals surface area contributed by atoms with Gasteiger partial charge in [-0.1, -0.05) is 70.1 Å². The molecule has 0 fully saturated rings. The minimum Gasteiger partial charge on any atom is -0.458 e. The van der Waals surface area contributed by atoms with Crippen LogP contribution in [0.1, 0.15) is 91.4 Å². The first kappa shape index (κ1) is 20.0. The molecule has 0 radical (unpaired) electrons. The Morgan fingerprint density at radius 1 is 1.17 bits per heavy atom. The molecule has 0 bridgehead atoms. The molecule has 0 saturated carbocycles. The van der Waals surface area contributed by atoms with Crippen LogP contribution in [0.5, 0.6) is 0 Å². The lowest BCUT2D eigenvalue weighted by Gasteiger charge is -2.28. The first-order valence-electron chi connectivity index (χ1n) is 9.56. The summed E-state index contributed by atoms with van der Waals surface area (Å²) in [5, 5.41) is 0. The summed E-state index contributed by atoms with van der Waals surface area (Å²) in [6.07, 6.45) is 14.7. The highest BCUT2D eigenvalue weighted by Crippen LogP contribution is 2.30. The van der Waals surface area contributed by atoms with Crippen LogP contribution in [0.3, 0.4) is 0 Å². The van der Waals surface area contributed by atoms with Crippen molar-refractivity contribution in [2.45, 2.75) is 97.5 Å². The minimum absolute atomic E-state index is 0.0314. The van der Waals surface area contributed by atoms with Gasteiger partial charge in [0.05, 0.1) is 0 Å². The van der Waals surface area contributed by atoms with Crippen molar-refractivity contribution in [2.24, 2.45) is 5.92 Å². The number of carbonyl (C=O) groups excluding carboxylic acids is 1. The van der Waals surface area contributed by atoms with Gasteiger partial charge in [0.15, 0.2) is 0 Å². The molecule has 1 aliphatic carbocycles. The molecular weight excluding hydrogens is 284 g/mol. The van der Waals surface area contributed by atoms with Gasteiger partial charge in [0.25, 0.3) is 0 Å². The van der Waals surface area contributed by atoms with Crippen LogP contribution in [-0.2, 0) is 9.53 Å². The quantitative estimate of drug-likeness (QED) is 0.251. The third-order valence-electron chi connectivity index (χ3n) is 4.94. The highest BCUT2D eigenvalue weighted by Gasteiger charge is 2.25. The molecule has 23 heavy (non-hydrogen) atoms. The standard InChI is InChI=1S/C21H36O2/c1-5-6-7-8-9-10-11-12-13-21(22)23-20-16-19(17(2)3)15-14-18(20)4/h14,19-20H,2,5-13,15-16H2,1,3-4H3/t19-,20+/m1/s1. The van der Waals surface area contributed by atoms with Crippen LogP contribution in [0, 0.1) is 5.92 Å². The number of ether oxygens (including phenoxy) is 1. The van der Waals surface area contributed by atoms with Crippen molar-refractivity contribution < 1.29 is 9.53 Å². The van der Waals surface area contributed by atoms with E-state index >= 15 is 0 Å². The molecule has 2 nitrogen and oxygen atoms in total. The molecule has 0 N–H and O–H groups in total. The van der Waals surface area contributed by atoms with Crippen LogP contribution in [0.4, 0.5) is 0 Å². The number of unbranched alkanes of at least 4 members (excludes halogenated alkanes) is 7. The molecule has 0 saturated heterocycles. The van der Waals surface area contributed by atoms with E-state index in [9.17, 15) is 4.79 Å². The lowest BCUT2D eigenvalue weighted by molar-refractivity contribution is -0.148. The van der Waals surface area contributed by atoms with Crippen molar-refractivity contribution in [2.75, 3.05) is 0 Å². The predicted molar refractivity (Wildman–Crippen MR) is 98.4 cm³/mol. The highest BCUT2D eigenvalue weighted by atomic mass is 16.5. The van der Waals surface area contributed by atoms with E-state index < -0.39 is 0 Å². The van der Waals surface area contributed by atoms with Gasteiger partial charge < -0.3 is 4.74 Å². The summed E-state index contributed by atoms with van der Waals surface area (Å²) in [6, 6.07) is 0. The van der Waals surface area contributed by atoms with Crippen LogP contribution in [0.15, 0.2) is 23.8 Å². The van der Waals surface area contributed by atoms with Gasteiger partial charge in [-0.3, -0.25) is 4.79 Å². The maximum Gasteiger partial charge on any atom is 0.306 e. The molecule has 2 heteroatoms. The first-order valence-corrected chi connectivity index (χ1v) is 9.56. The average molecular weight is 321 g/mol. The Morgan fingerprint density at radius 2 is 1.78 bits per heavy atom. The Bertz CT molecular complexity index is 395. The molecule has 0 aromatic carbocycles. The van der Waals surface area contributed by atoms with Gasteiger partial charge >= 0.3 is 5.97 Å². The fourth-order valence-electron chi connectivity index (χ4n) is 3.16. The number of carbonyl (C=O) groups is 1. The molecule has 1 aliphatic rings. The SMILES string of the molecule is C=C(C)[C@@H]1CC=C(C)[C@@H](OC(=O)CCCCCCCCCC)C1. The van der Waals surface area contributed by atoms with Gasteiger partial charge in [-0.05, 0) is 44.6 Å². The largest absolute Gasteiger partial charge is 0.458 e. The van der Waals surface area contributed by atoms with Gasteiger partial charge in [0, 0.05) is 6.42 Å². The Morgan fingerprint density at radius 3 is 2.39 bits per heavy atom. The van der Waals surface area contributed by atoms with E-state index in [0.29, 0.717) is 12.3 Å². The van der Waals surface area contributed by atoms with Gasteiger partial charge in [-0.2, -0.15) is 0 Å². The summed E-state index contributed by atoms with van der Waals surface area (Å²) in [5.41, 5.74) is 2.39. The number of rotatable bonds is 11. The van der Waals surface area contributed by atoms with E-state index in [0.717, 1.165) is 25.7 Å². The zero-order valence-corrected chi connectivity index (χ0v) is 15.5. The van der Waals surface area contributed by atoms with Crippen LogP contribution in [0.2, 0.25) is 0 Å². The van der Waals surface area contributed by atoms with E-state index in [2.05, 4.69) is 33.4 Å². The fourth-order valence-corrected chi connectivity index (χ4v) is 3.16. The number of allylic oxidation sites excluding steroid dienone is 2. The zero-order valence-electron chi connectivity index (χ0n) is 15.5. The van der Waals surface area contributed by atoms with Crippen LogP contribution in [-0.4, -0.2) is 12.1 Å². The second-order valence-corrected chi connectivity index (χ2v) is 7.17. The molecule has 0 spiro atoms. The summed E-state index contributed by atoms with van der Waals surface area (Å²) in [5.74, 6) is 0.427. The summed E-state index contributed by atoms with van der Waals surface area (Å²) in [7, 11) is 0. The molecule has 0 amide bonds. The maximum absolute atomic E-state index is 12.0. The zero-order chi connectivity index (χ0) is 17.1. The van der Waals surface area contributed by atoms with Crippen LogP contribution < -0.4 is 0 Å². The summed E-state index contributed by atoms with van der Waals surface area (Å²) < 4.78 is 5.70. The molecule has 1 rings (SSSR count). The lowest BCUT2D eigenvalue weighted by atomic mass is 9.84. The second-order valence-electron chi connectivity index (χ2n) is 7.17. The van der Waals surface area contributed by atoms with Gasteiger partial charge in [0.1, 0.15) is 6.10 Å². The van der Waals surface area contributed by atoms with Gasteiger partial charge in [-0.15, -0.1) is 0 Å². The van der Waals surface area contributed by atoms with E-state index in [1.54, 1.807) is 0 Å². The Hall–Kier alpha value is -1.05. The predicted octanol–water partition coefficient (Wildman–Crippen LogP) is 6.36. The van der Waals surface area contributed by atoms with E-state index in [1.165, 1.54) is 49.7 Å². The molecule has 132 valence electrons. The Kier molecular flexibility index (Phi) is 9.98. The van der Waals surface area contributed by atoms with Gasteiger partial charge in [-0.25, -0.2) is 0 Å². The molecule has 2 atom stereocenters. The number of hydrogen-bond acceptors (Lipinski definition) is 2. The monoisotopic (exact) mass is 320 g/mol. The minimum atomic E-state index is -0.0352. The smallest absolute Gasteiger partial charge is 0.306 e. The van der Waals surface area contributed by atoms with E-state index in [-0.39, 0.29) is 12.1 Å². The molecule has 0 unspecified atom stereocenters. The Labute approximate surface area is 143 Å².